The van der Waals surface area contributed by atoms with Gasteiger partial charge in [0.15, 0.2) is 0 Å². The molecule has 0 aliphatic carbocycles. The van der Waals surface area contributed by atoms with Gasteiger partial charge < -0.3 is 5.73 Å². The van der Waals surface area contributed by atoms with E-state index in [-0.39, 0.29) is 10.6 Å². The van der Waals surface area contributed by atoms with Crippen molar-refractivity contribution in [3.63, 3.8) is 0 Å². The van der Waals surface area contributed by atoms with Gasteiger partial charge in [-0.3, -0.25) is 4.72 Å². The van der Waals surface area contributed by atoms with Crippen molar-refractivity contribution in [2.75, 3.05) is 10.5 Å². The van der Waals surface area contributed by atoms with Crippen LogP contribution in [0.5, 0.6) is 0 Å². The van der Waals surface area contributed by atoms with Crippen LogP contribution in [0.3, 0.4) is 0 Å². The Bertz CT molecular complexity index is 802. The Morgan fingerprint density at radius 3 is 2.24 bits per heavy atom. The Kier molecular flexibility index (Phi) is 3.91. The van der Waals surface area contributed by atoms with E-state index in [1.54, 1.807) is 13.0 Å². The molecule has 6 heteroatoms. The molecule has 2 aromatic carbocycles. The summed E-state index contributed by atoms with van der Waals surface area (Å²) in [6.07, 6.45) is 0. The third kappa shape index (κ3) is 3.16. The molecule has 0 bridgehead atoms. The lowest BCUT2D eigenvalue weighted by Gasteiger charge is -2.13. The number of nitrogen functional groups attached to an aromatic ring is 1. The molecule has 2 aromatic rings. The summed E-state index contributed by atoms with van der Waals surface area (Å²) < 4.78 is 40.4. The van der Waals surface area contributed by atoms with Gasteiger partial charge in [-0.05, 0) is 67.8 Å². The monoisotopic (exact) mass is 308 g/mol. The number of anilines is 2. The average Bonchev–Trinajstić information content (AvgIpc) is 2.37. The molecule has 4 nitrogen and oxygen atoms in total. The predicted octanol–water partition coefficient (Wildman–Crippen LogP) is 3.13. The average molecular weight is 308 g/mol. The molecule has 0 aliphatic heterocycles. The molecule has 0 atom stereocenters. The van der Waals surface area contributed by atoms with Gasteiger partial charge in [0, 0.05) is 0 Å². The molecule has 0 saturated carbocycles. The lowest BCUT2D eigenvalue weighted by atomic mass is 10.1. The van der Waals surface area contributed by atoms with Crippen LogP contribution in [0.2, 0.25) is 0 Å². The van der Waals surface area contributed by atoms with Crippen LogP contribution >= 0.6 is 0 Å². The molecule has 21 heavy (non-hydrogen) atoms. The van der Waals surface area contributed by atoms with Gasteiger partial charge in [-0.2, -0.15) is 0 Å². The Morgan fingerprint density at radius 2 is 1.62 bits per heavy atom. The molecular formula is C15H17FN2O2S. The first-order valence-corrected chi connectivity index (χ1v) is 7.85. The smallest absolute Gasteiger partial charge is 0.263 e. The molecule has 0 amide bonds. The molecule has 0 fully saturated rings. The van der Waals surface area contributed by atoms with Crippen molar-refractivity contribution in [3.05, 3.63) is 52.8 Å². The summed E-state index contributed by atoms with van der Waals surface area (Å²) in [5, 5.41) is 0. The van der Waals surface area contributed by atoms with Crippen molar-refractivity contribution in [3.8, 4) is 0 Å². The highest BCUT2D eigenvalue weighted by molar-refractivity contribution is 7.92. The minimum absolute atomic E-state index is 0.0225. The number of nitrogens with one attached hydrogen (secondary N) is 1. The quantitative estimate of drug-likeness (QED) is 0.856. The maximum absolute atomic E-state index is 13.1. The van der Waals surface area contributed by atoms with Gasteiger partial charge in [0.1, 0.15) is 10.7 Å². The van der Waals surface area contributed by atoms with E-state index in [1.165, 1.54) is 24.3 Å². The van der Waals surface area contributed by atoms with Gasteiger partial charge in [-0.1, -0.05) is 0 Å². The SMILES string of the molecule is Cc1cc(N)c(S(=O)(=O)Nc2ccc(F)cc2C)cc1C. The zero-order chi connectivity index (χ0) is 15.8. The molecule has 0 spiro atoms. The zero-order valence-corrected chi connectivity index (χ0v) is 12.9. The molecule has 0 aliphatic rings. The summed E-state index contributed by atoms with van der Waals surface area (Å²) >= 11 is 0. The first-order chi connectivity index (χ1) is 9.70. The fraction of sp³-hybridized carbons (Fsp3) is 0.200. The number of rotatable bonds is 3. The second-order valence-electron chi connectivity index (χ2n) is 5.04. The van der Waals surface area contributed by atoms with Crippen molar-refractivity contribution in [2.45, 2.75) is 25.7 Å². The molecule has 0 aromatic heterocycles. The lowest BCUT2D eigenvalue weighted by Crippen LogP contribution is -2.16. The van der Waals surface area contributed by atoms with Gasteiger partial charge in [0.05, 0.1) is 11.4 Å². The molecule has 0 heterocycles. The maximum Gasteiger partial charge on any atom is 0.263 e. The third-order valence-electron chi connectivity index (χ3n) is 3.35. The first kappa shape index (κ1) is 15.3. The predicted molar refractivity (Wildman–Crippen MR) is 82.3 cm³/mol. The topological polar surface area (TPSA) is 72.2 Å². The van der Waals surface area contributed by atoms with E-state index in [2.05, 4.69) is 4.72 Å². The van der Waals surface area contributed by atoms with E-state index in [1.807, 2.05) is 13.8 Å². The van der Waals surface area contributed by atoms with E-state index < -0.39 is 15.8 Å². The molecule has 0 radical (unpaired) electrons. The van der Waals surface area contributed by atoms with Crippen LogP contribution in [-0.4, -0.2) is 8.42 Å². The fourth-order valence-corrected chi connectivity index (χ4v) is 3.32. The molecule has 0 saturated heterocycles. The Hall–Kier alpha value is -2.08. The van der Waals surface area contributed by atoms with Gasteiger partial charge in [-0.25, -0.2) is 12.8 Å². The van der Waals surface area contributed by atoms with Crippen LogP contribution in [0, 0.1) is 26.6 Å². The molecule has 0 unspecified atom stereocenters. The van der Waals surface area contributed by atoms with Gasteiger partial charge >= 0.3 is 0 Å². The Balaban J connectivity index is 2.46. The molecule has 112 valence electrons. The minimum atomic E-state index is -3.82. The first-order valence-electron chi connectivity index (χ1n) is 6.36. The summed E-state index contributed by atoms with van der Waals surface area (Å²) in [6.45, 7) is 5.31. The number of nitrogens with two attached hydrogens (primary N) is 1. The number of aryl methyl sites for hydroxylation is 3. The van der Waals surface area contributed by atoms with Crippen molar-refractivity contribution < 1.29 is 12.8 Å². The van der Waals surface area contributed by atoms with E-state index in [4.69, 9.17) is 5.73 Å². The zero-order valence-electron chi connectivity index (χ0n) is 12.1. The van der Waals surface area contributed by atoms with Gasteiger partial charge in [0.25, 0.3) is 10.0 Å². The molecular weight excluding hydrogens is 291 g/mol. The molecule has 2 rings (SSSR count). The molecule has 3 N–H and O–H groups in total. The highest BCUT2D eigenvalue weighted by Gasteiger charge is 2.19. The normalized spacial score (nSPS) is 11.4. The third-order valence-corrected chi connectivity index (χ3v) is 4.77. The van der Waals surface area contributed by atoms with Crippen molar-refractivity contribution in [1.82, 2.24) is 0 Å². The fourth-order valence-electron chi connectivity index (χ4n) is 1.99. The minimum Gasteiger partial charge on any atom is -0.398 e. The Morgan fingerprint density at radius 1 is 1.00 bits per heavy atom. The van der Waals surface area contributed by atoms with Crippen LogP contribution in [0.1, 0.15) is 16.7 Å². The summed E-state index contributed by atoms with van der Waals surface area (Å²) in [4.78, 5) is 0.0225. The van der Waals surface area contributed by atoms with Crippen LogP contribution in [-0.2, 0) is 10.0 Å². The van der Waals surface area contributed by atoms with E-state index in [0.29, 0.717) is 11.3 Å². The van der Waals surface area contributed by atoms with E-state index in [0.717, 1.165) is 11.1 Å². The highest BCUT2D eigenvalue weighted by Crippen LogP contribution is 2.26. The number of benzene rings is 2. The summed E-state index contributed by atoms with van der Waals surface area (Å²) in [5.41, 5.74) is 8.58. The van der Waals surface area contributed by atoms with Crippen LogP contribution in [0.15, 0.2) is 35.2 Å². The van der Waals surface area contributed by atoms with Crippen molar-refractivity contribution in [2.24, 2.45) is 0 Å². The summed E-state index contributed by atoms with van der Waals surface area (Å²) in [6, 6.07) is 7.02. The second-order valence-corrected chi connectivity index (χ2v) is 6.69. The summed E-state index contributed by atoms with van der Waals surface area (Å²) in [5.74, 6) is -0.416. The highest BCUT2D eigenvalue weighted by atomic mass is 32.2. The Labute approximate surface area is 123 Å². The summed E-state index contributed by atoms with van der Waals surface area (Å²) in [7, 11) is -3.82. The number of sulfonamides is 1. The van der Waals surface area contributed by atoms with Crippen molar-refractivity contribution >= 4 is 21.4 Å². The van der Waals surface area contributed by atoms with E-state index in [9.17, 15) is 12.8 Å². The number of hydrogen-bond acceptors (Lipinski definition) is 3. The van der Waals surface area contributed by atoms with E-state index >= 15 is 0 Å². The standard InChI is InChI=1S/C15H17FN2O2S/c1-9-7-13(17)15(8-10(9)2)21(19,20)18-14-5-4-12(16)6-11(14)3/h4-8,18H,17H2,1-3H3. The van der Waals surface area contributed by atoms with Crippen LogP contribution in [0.4, 0.5) is 15.8 Å². The van der Waals surface area contributed by atoms with Gasteiger partial charge in [-0.15, -0.1) is 0 Å². The maximum atomic E-state index is 13.1. The number of hydrogen-bond donors (Lipinski definition) is 2. The van der Waals surface area contributed by atoms with Gasteiger partial charge in [0.2, 0.25) is 0 Å². The van der Waals surface area contributed by atoms with Crippen LogP contribution < -0.4 is 10.5 Å². The second kappa shape index (κ2) is 5.37. The largest absolute Gasteiger partial charge is 0.398 e. The van der Waals surface area contributed by atoms with Crippen LogP contribution in [0.25, 0.3) is 0 Å². The number of halogens is 1. The lowest BCUT2D eigenvalue weighted by molar-refractivity contribution is 0.601. The van der Waals surface area contributed by atoms with Crippen molar-refractivity contribution in [1.29, 1.82) is 0 Å².